The van der Waals surface area contributed by atoms with E-state index in [4.69, 9.17) is 18.7 Å². The van der Waals surface area contributed by atoms with Gasteiger partial charge in [0.25, 0.3) is 5.91 Å². The largest absolute Gasteiger partial charge is 0.493 e. The van der Waals surface area contributed by atoms with Gasteiger partial charge in [0.15, 0.2) is 11.5 Å². The lowest BCUT2D eigenvalue weighted by Gasteiger charge is -2.31. The van der Waals surface area contributed by atoms with Crippen molar-refractivity contribution < 1.29 is 23.5 Å². The fraction of sp³-hybridized carbons (Fsp3) is 0.389. The molecule has 1 aliphatic heterocycles. The molecule has 1 fully saturated rings. The Bertz CT molecular complexity index is 789. The Morgan fingerprint density at radius 2 is 2.31 bits per heavy atom. The second-order valence-corrected chi connectivity index (χ2v) is 5.75. The van der Waals surface area contributed by atoms with Gasteiger partial charge in [0, 0.05) is 19.0 Å². The van der Waals surface area contributed by atoms with Crippen molar-refractivity contribution in [3.63, 3.8) is 0 Å². The minimum absolute atomic E-state index is 0.118. The predicted octanol–water partition coefficient (Wildman–Crippen LogP) is 2.17. The fourth-order valence-electron chi connectivity index (χ4n) is 2.69. The number of hydrogen-bond donors (Lipinski definition) is 0. The van der Waals surface area contributed by atoms with Crippen molar-refractivity contribution in [3.05, 3.63) is 48.1 Å². The van der Waals surface area contributed by atoms with Crippen LogP contribution in [-0.4, -0.2) is 54.4 Å². The Labute approximate surface area is 151 Å². The van der Waals surface area contributed by atoms with Gasteiger partial charge in [-0.1, -0.05) is 17.8 Å². The van der Waals surface area contributed by atoms with E-state index in [-0.39, 0.29) is 5.91 Å². The van der Waals surface area contributed by atoms with Gasteiger partial charge in [0.2, 0.25) is 11.7 Å². The van der Waals surface area contributed by atoms with Crippen LogP contribution in [0.4, 0.5) is 0 Å². The van der Waals surface area contributed by atoms with E-state index in [0.29, 0.717) is 55.1 Å². The molecule has 0 saturated carbocycles. The highest BCUT2D eigenvalue weighted by Gasteiger charge is 2.29. The zero-order valence-corrected chi connectivity index (χ0v) is 14.8. The van der Waals surface area contributed by atoms with E-state index < -0.39 is 6.10 Å². The third-order valence-corrected chi connectivity index (χ3v) is 3.95. The van der Waals surface area contributed by atoms with Gasteiger partial charge >= 0.3 is 0 Å². The normalized spacial score (nSPS) is 17.0. The van der Waals surface area contributed by atoms with Crippen LogP contribution in [-0.2, 0) is 4.74 Å². The molecule has 0 unspecified atom stereocenters. The Balaban J connectivity index is 1.74. The van der Waals surface area contributed by atoms with Gasteiger partial charge in [-0.25, -0.2) is 0 Å². The molecule has 26 heavy (non-hydrogen) atoms. The zero-order valence-electron chi connectivity index (χ0n) is 14.8. The molecule has 0 spiro atoms. The van der Waals surface area contributed by atoms with Crippen LogP contribution in [0, 0.1) is 6.92 Å². The van der Waals surface area contributed by atoms with Crippen molar-refractivity contribution in [1.82, 2.24) is 15.0 Å². The quantitative estimate of drug-likeness (QED) is 0.731. The maximum Gasteiger partial charge on any atom is 0.254 e. The van der Waals surface area contributed by atoms with E-state index >= 15 is 0 Å². The number of hydrogen-bond acceptors (Lipinski definition) is 7. The van der Waals surface area contributed by atoms with Gasteiger partial charge in [-0.3, -0.25) is 4.79 Å². The van der Waals surface area contributed by atoms with E-state index in [0.717, 1.165) is 0 Å². The summed E-state index contributed by atoms with van der Waals surface area (Å²) in [7, 11) is 1.54. The SMILES string of the molecule is C=CCOc1ccc(C(=O)N2CCO[C@H](c3noc(C)n3)C2)cc1OC. The van der Waals surface area contributed by atoms with Crippen molar-refractivity contribution in [2.45, 2.75) is 13.0 Å². The number of methoxy groups -OCH3 is 1. The molecule has 1 aromatic heterocycles. The Kier molecular flexibility index (Phi) is 5.52. The Morgan fingerprint density at radius 1 is 1.46 bits per heavy atom. The summed E-state index contributed by atoms with van der Waals surface area (Å²) in [6.45, 7) is 6.94. The standard InChI is InChI=1S/C18H21N3O5/c1-4-8-24-14-6-5-13(10-15(14)23-3)18(22)21-7-9-25-16(11-21)17-19-12(2)26-20-17/h4-6,10,16H,1,7-9,11H2,2-3H3/t16-/m0/s1. The minimum atomic E-state index is -0.401. The number of morpholine rings is 1. The summed E-state index contributed by atoms with van der Waals surface area (Å²) in [6.07, 6.45) is 1.24. The highest BCUT2D eigenvalue weighted by molar-refractivity contribution is 5.95. The maximum atomic E-state index is 12.9. The third-order valence-electron chi connectivity index (χ3n) is 3.95. The molecule has 138 valence electrons. The molecule has 1 aromatic carbocycles. The summed E-state index contributed by atoms with van der Waals surface area (Å²) in [5.41, 5.74) is 0.512. The van der Waals surface area contributed by atoms with Crippen LogP contribution in [0.3, 0.4) is 0 Å². The number of benzene rings is 1. The molecule has 0 radical (unpaired) electrons. The van der Waals surface area contributed by atoms with Crippen LogP contribution >= 0.6 is 0 Å². The van der Waals surface area contributed by atoms with E-state index in [1.54, 1.807) is 36.1 Å². The first-order valence-corrected chi connectivity index (χ1v) is 8.25. The molecule has 2 aromatic rings. The summed E-state index contributed by atoms with van der Waals surface area (Å²) in [5, 5.41) is 3.88. The molecule has 8 nitrogen and oxygen atoms in total. The van der Waals surface area contributed by atoms with Gasteiger partial charge in [0.1, 0.15) is 12.7 Å². The van der Waals surface area contributed by atoms with E-state index in [9.17, 15) is 4.79 Å². The highest BCUT2D eigenvalue weighted by Crippen LogP contribution is 2.29. The number of rotatable bonds is 6. The number of carbonyl (C=O) groups excluding carboxylic acids is 1. The number of aryl methyl sites for hydroxylation is 1. The Hall–Kier alpha value is -2.87. The average molecular weight is 359 g/mol. The van der Waals surface area contributed by atoms with Crippen molar-refractivity contribution >= 4 is 5.91 Å². The lowest BCUT2D eigenvalue weighted by Crippen LogP contribution is -2.42. The molecular formula is C18H21N3O5. The van der Waals surface area contributed by atoms with Crippen LogP contribution in [0.5, 0.6) is 11.5 Å². The molecule has 2 heterocycles. The van der Waals surface area contributed by atoms with Crippen LogP contribution < -0.4 is 9.47 Å². The number of carbonyl (C=O) groups is 1. The van der Waals surface area contributed by atoms with Gasteiger partial charge < -0.3 is 23.6 Å². The van der Waals surface area contributed by atoms with E-state index in [2.05, 4.69) is 16.7 Å². The number of amides is 1. The van der Waals surface area contributed by atoms with Gasteiger partial charge in [-0.2, -0.15) is 4.98 Å². The van der Waals surface area contributed by atoms with Crippen molar-refractivity contribution in [2.24, 2.45) is 0 Å². The summed E-state index contributed by atoms with van der Waals surface area (Å²) in [4.78, 5) is 18.8. The number of ether oxygens (including phenoxy) is 3. The minimum Gasteiger partial charge on any atom is -0.493 e. The molecule has 1 amide bonds. The topological polar surface area (TPSA) is 86.9 Å². The van der Waals surface area contributed by atoms with E-state index in [1.165, 1.54) is 7.11 Å². The molecule has 1 saturated heterocycles. The molecular weight excluding hydrogens is 338 g/mol. The van der Waals surface area contributed by atoms with Crippen LogP contribution in [0.1, 0.15) is 28.2 Å². The number of nitrogens with zero attached hydrogens (tertiary/aromatic N) is 3. The summed E-state index contributed by atoms with van der Waals surface area (Å²) < 4.78 is 21.5. The smallest absolute Gasteiger partial charge is 0.254 e. The lowest BCUT2D eigenvalue weighted by molar-refractivity contribution is -0.0276. The second kappa shape index (κ2) is 8.01. The van der Waals surface area contributed by atoms with Crippen LogP contribution in [0.15, 0.2) is 35.4 Å². The predicted molar refractivity (Wildman–Crippen MR) is 92.3 cm³/mol. The first kappa shape index (κ1) is 17.9. The van der Waals surface area contributed by atoms with Crippen molar-refractivity contribution in [2.75, 3.05) is 33.4 Å². The molecule has 0 aliphatic carbocycles. The van der Waals surface area contributed by atoms with Crippen molar-refractivity contribution in [1.29, 1.82) is 0 Å². The average Bonchev–Trinajstić information content (AvgIpc) is 3.12. The monoisotopic (exact) mass is 359 g/mol. The summed E-state index contributed by atoms with van der Waals surface area (Å²) in [6, 6.07) is 5.10. The summed E-state index contributed by atoms with van der Waals surface area (Å²) in [5.74, 6) is 1.85. The molecule has 3 rings (SSSR count). The van der Waals surface area contributed by atoms with Gasteiger partial charge in [-0.15, -0.1) is 0 Å². The molecule has 1 atom stereocenters. The first-order valence-electron chi connectivity index (χ1n) is 8.25. The van der Waals surface area contributed by atoms with E-state index in [1.807, 2.05) is 0 Å². The maximum absolute atomic E-state index is 12.9. The van der Waals surface area contributed by atoms with Crippen LogP contribution in [0.2, 0.25) is 0 Å². The molecule has 8 heteroatoms. The first-order chi connectivity index (χ1) is 12.6. The molecule has 0 bridgehead atoms. The lowest BCUT2D eigenvalue weighted by atomic mass is 10.1. The van der Waals surface area contributed by atoms with Gasteiger partial charge in [0.05, 0.1) is 20.3 Å². The third kappa shape index (κ3) is 3.85. The highest BCUT2D eigenvalue weighted by atomic mass is 16.5. The molecule has 1 aliphatic rings. The second-order valence-electron chi connectivity index (χ2n) is 5.75. The van der Waals surface area contributed by atoms with Gasteiger partial charge in [-0.05, 0) is 18.2 Å². The number of aromatic nitrogens is 2. The zero-order chi connectivity index (χ0) is 18.5. The van der Waals surface area contributed by atoms with Crippen LogP contribution in [0.25, 0.3) is 0 Å². The Morgan fingerprint density at radius 3 is 3.00 bits per heavy atom. The summed E-state index contributed by atoms with van der Waals surface area (Å²) >= 11 is 0. The molecule has 0 N–H and O–H groups in total. The van der Waals surface area contributed by atoms with Crippen molar-refractivity contribution in [3.8, 4) is 11.5 Å². The fourth-order valence-corrected chi connectivity index (χ4v) is 2.69.